The molecule has 0 aromatic heterocycles. The fourth-order valence-electron chi connectivity index (χ4n) is 1.82. The van der Waals surface area contributed by atoms with E-state index in [2.05, 4.69) is 4.90 Å². The zero-order valence-electron chi connectivity index (χ0n) is 9.07. The number of cyclic esters (lactones) is 1. The molecule has 0 aromatic carbocycles. The maximum atomic E-state index is 11.5. The molecule has 1 atom stereocenters. The van der Waals surface area contributed by atoms with E-state index in [-0.39, 0.29) is 12.1 Å². The Balaban J connectivity index is 1.96. The fraction of sp³-hybridized carbons (Fsp3) is 0.727. The van der Waals surface area contributed by atoms with Crippen molar-refractivity contribution in [3.63, 3.8) is 0 Å². The van der Waals surface area contributed by atoms with Crippen LogP contribution >= 0.6 is 0 Å². The van der Waals surface area contributed by atoms with E-state index >= 15 is 0 Å². The second-order valence-corrected chi connectivity index (χ2v) is 4.06. The van der Waals surface area contributed by atoms with E-state index in [1.54, 1.807) is 0 Å². The lowest BCUT2D eigenvalue weighted by atomic mass is 10.1. The number of carbonyl (C=O) groups is 1. The largest absolute Gasteiger partial charge is 0.459 e. The zero-order chi connectivity index (χ0) is 10.7. The van der Waals surface area contributed by atoms with Crippen LogP contribution in [0.1, 0.15) is 19.8 Å². The van der Waals surface area contributed by atoms with Gasteiger partial charge >= 0.3 is 5.97 Å². The molecule has 0 amide bonds. The van der Waals surface area contributed by atoms with Crippen molar-refractivity contribution in [3.8, 4) is 0 Å². The highest BCUT2D eigenvalue weighted by molar-refractivity contribution is 5.89. The Hall–Kier alpha value is -1.03. The highest BCUT2D eigenvalue weighted by Crippen LogP contribution is 2.19. The van der Waals surface area contributed by atoms with Crippen LogP contribution in [0.25, 0.3) is 0 Å². The molecular formula is C11H17NO3. The minimum absolute atomic E-state index is 0.0688. The summed E-state index contributed by atoms with van der Waals surface area (Å²) in [4.78, 5) is 13.7. The molecule has 1 unspecified atom stereocenters. The topological polar surface area (TPSA) is 38.8 Å². The van der Waals surface area contributed by atoms with Crippen molar-refractivity contribution in [2.75, 3.05) is 26.3 Å². The van der Waals surface area contributed by atoms with E-state index in [9.17, 15) is 4.79 Å². The molecule has 15 heavy (non-hydrogen) atoms. The summed E-state index contributed by atoms with van der Waals surface area (Å²) in [7, 11) is 0. The molecule has 2 fully saturated rings. The molecule has 0 spiro atoms. The van der Waals surface area contributed by atoms with Crippen LogP contribution in [-0.2, 0) is 14.3 Å². The lowest BCUT2D eigenvalue weighted by Crippen LogP contribution is -2.33. The van der Waals surface area contributed by atoms with Crippen molar-refractivity contribution >= 4 is 5.97 Å². The van der Waals surface area contributed by atoms with Gasteiger partial charge in [-0.15, -0.1) is 0 Å². The molecule has 0 radical (unpaired) electrons. The van der Waals surface area contributed by atoms with Crippen molar-refractivity contribution in [3.05, 3.63) is 11.8 Å². The first kappa shape index (κ1) is 10.5. The van der Waals surface area contributed by atoms with Crippen LogP contribution in [0.2, 0.25) is 0 Å². The lowest BCUT2D eigenvalue weighted by Gasteiger charge is -2.28. The fourth-order valence-corrected chi connectivity index (χ4v) is 1.82. The van der Waals surface area contributed by atoms with Gasteiger partial charge < -0.3 is 14.4 Å². The number of ether oxygens (including phenoxy) is 2. The van der Waals surface area contributed by atoms with Gasteiger partial charge in [0.25, 0.3) is 0 Å². The Labute approximate surface area is 89.8 Å². The quantitative estimate of drug-likeness (QED) is 0.478. The number of carbonyl (C=O) groups excluding carboxylic acids is 1. The van der Waals surface area contributed by atoms with E-state index in [4.69, 9.17) is 9.47 Å². The van der Waals surface area contributed by atoms with Crippen LogP contribution in [0, 0.1) is 0 Å². The number of esters is 1. The Bertz CT molecular complexity index is 269. The second-order valence-electron chi connectivity index (χ2n) is 4.06. The minimum atomic E-state index is -0.153. The van der Waals surface area contributed by atoms with Crippen LogP contribution < -0.4 is 0 Å². The highest BCUT2D eigenvalue weighted by atomic mass is 16.5. The van der Waals surface area contributed by atoms with Crippen molar-refractivity contribution in [1.29, 1.82) is 0 Å². The highest BCUT2D eigenvalue weighted by Gasteiger charge is 2.22. The molecule has 84 valence electrons. The molecule has 0 N–H and O–H groups in total. The average Bonchev–Trinajstić information content (AvgIpc) is 2.24. The molecule has 0 aromatic rings. The molecule has 4 heteroatoms. The maximum absolute atomic E-state index is 11.5. The Morgan fingerprint density at radius 3 is 2.80 bits per heavy atom. The van der Waals surface area contributed by atoms with Gasteiger partial charge in [0.2, 0.25) is 0 Å². The lowest BCUT2D eigenvalue weighted by molar-refractivity contribution is -0.146. The van der Waals surface area contributed by atoms with Crippen molar-refractivity contribution < 1.29 is 14.3 Å². The molecule has 2 aliphatic heterocycles. The minimum Gasteiger partial charge on any atom is -0.459 e. The first-order valence-corrected chi connectivity index (χ1v) is 5.49. The number of rotatable bonds is 1. The van der Waals surface area contributed by atoms with Crippen LogP contribution in [0.5, 0.6) is 0 Å². The Kier molecular flexibility index (Phi) is 3.26. The van der Waals surface area contributed by atoms with Crippen LogP contribution in [0.3, 0.4) is 0 Å². The zero-order valence-corrected chi connectivity index (χ0v) is 9.07. The third-order valence-corrected chi connectivity index (χ3v) is 2.77. The van der Waals surface area contributed by atoms with Gasteiger partial charge in [0.15, 0.2) is 0 Å². The van der Waals surface area contributed by atoms with Crippen molar-refractivity contribution in [2.24, 2.45) is 0 Å². The molecule has 2 rings (SSSR count). The third-order valence-electron chi connectivity index (χ3n) is 2.77. The average molecular weight is 211 g/mol. The first-order chi connectivity index (χ1) is 7.25. The van der Waals surface area contributed by atoms with Crippen LogP contribution in [-0.4, -0.2) is 43.3 Å². The monoisotopic (exact) mass is 211 g/mol. The molecule has 2 saturated heterocycles. The standard InChI is InChI=1S/C11H17NO3/c1-9-2-3-10(11(13)15-9)8-12-4-6-14-7-5-12/h8-9H,2-7H2,1H3. The number of morpholine rings is 1. The smallest absolute Gasteiger partial charge is 0.335 e. The van der Waals surface area contributed by atoms with Gasteiger partial charge in [0.1, 0.15) is 0 Å². The molecule has 2 heterocycles. The van der Waals surface area contributed by atoms with Gasteiger partial charge in [0.05, 0.1) is 24.9 Å². The Morgan fingerprint density at radius 2 is 2.13 bits per heavy atom. The summed E-state index contributed by atoms with van der Waals surface area (Å²) < 4.78 is 10.4. The summed E-state index contributed by atoms with van der Waals surface area (Å²) in [6.45, 7) is 5.16. The van der Waals surface area contributed by atoms with Gasteiger partial charge in [-0.05, 0) is 19.8 Å². The first-order valence-electron chi connectivity index (χ1n) is 5.49. The predicted molar refractivity (Wildman–Crippen MR) is 55.3 cm³/mol. The maximum Gasteiger partial charge on any atom is 0.335 e. The van der Waals surface area contributed by atoms with E-state index in [0.717, 1.165) is 44.7 Å². The normalized spacial score (nSPS) is 30.5. The number of hydrogen-bond donors (Lipinski definition) is 0. The van der Waals surface area contributed by atoms with Gasteiger partial charge in [-0.2, -0.15) is 0 Å². The number of nitrogens with zero attached hydrogens (tertiary/aromatic N) is 1. The Morgan fingerprint density at radius 1 is 1.40 bits per heavy atom. The predicted octanol–water partition coefficient (Wildman–Crippen LogP) is 0.928. The SMILES string of the molecule is CC1CCC(=CN2CCOCC2)C(=O)O1. The summed E-state index contributed by atoms with van der Waals surface area (Å²) in [6, 6.07) is 0. The summed E-state index contributed by atoms with van der Waals surface area (Å²) in [5.74, 6) is -0.153. The molecule has 2 aliphatic rings. The second kappa shape index (κ2) is 4.66. The van der Waals surface area contributed by atoms with E-state index in [1.165, 1.54) is 0 Å². The van der Waals surface area contributed by atoms with Crippen molar-refractivity contribution in [1.82, 2.24) is 4.90 Å². The van der Waals surface area contributed by atoms with Crippen LogP contribution in [0.4, 0.5) is 0 Å². The molecule has 0 saturated carbocycles. The van der Waals surface area contributed by atoms with Gasteiger partial charge in [-0.1, -0.05) is 0 Å². The summed E-state index contributed by atoms with van der Waals surface area (Å²) >= 11 is 0. The number of hydrogen-bond acceptors (Lipinski definition) is 4. The molecule has 0 bridgehead atoms. The molecular weight excluding hydrogens is 194 g/mol. The van der Waals surface area contributed by atoms with Crippen molar-refractivity contribution in [2.45, 2.75) is 25.9 Å². The molecule has 4 nitrogen and oxygen atoms in total. The van der Waals surface area contributed by atoms with Gasteiger partial charge in [-0.3, -0.25) is 0 Å². The van der Waals surface area contributed by atoms with Gasteiger partial charge in [0, 0.05) is 19.3 Å². The van der Waals surface area contributed by atoms with E-state index in [1.807, 2.05) is 13.1 Å². The van der Waals surface area contributed by atoms with Crippen LogP contribution in [0.15, 0.2) is 11.8 Å². The third kappa shape index (κ3) is 2.72. The molecule has 0 aliphatic carbocycles. The summed E-state index contributed by atoms with van der Waals surface area (Å²) in [5.41, 5.74) is 0.801. The summed E-state index contributed by atoms with van der Waals surface area (Å²) in [5, 5.41) is 0. The van der Waals surface area contributed by atoms with Gasteiger partial charge in [-0.25, -0.2) is 4.79 Å². The van der Waals surface area contributed by atoms with E-state index < -0.39 is 0 Å². The summed E-state index contributed by atoms with van der Waals surface area (Å²) in [6.07, 6.45) is 3.77. The van der Waals surface area contributed by atoms with E-state index in [0.29, 0.717) is 0 Å².